The first-order chi connectivity index (χ1) is 17.0. The molecule has 0 radical (unpaired) electrons. The number of carbonyl (C=O) groups is 1. The molecule has 0 unspecified atom stereocenters. The molecule has 2 aliphatic rings. The predicted molar refractivity (Wildman–Crippen MR) is 128 cm³/mol. The van der Waals surface area contributed by atoms with Crippen LogP contribution in [0.25, 0.3) is 0 Å². The number of aromatic nitrogens is 1. The van der Waals surface area contributed by atoms with E-state index in [9.17, 15) is 14.3 Å². The molecule has 1 amide bonds. The van der Waals surface area contributed by atoms with Crippen LogP contribution in [0.5, 0.6) is 11.5 Å². The molecular weight excluding hydrogens is 449 g/mol. The number of benzene rings is 2. The summed E-state index contributed by atoms with van der Waals surface area (Å²) in [6.07, 6.45) is 1.70. The summed E-state index contributed by atoms with van der Waals surface area (Å²) in [5.41, 5.74) is 3.75. The van der Waals surface area contributed by atoms with Gasteiger partial charge >= 0.3 is 0 Å². The van der Waals surface area contributed by atoms with Gasteiger partial charge < -0.3 is 19.5 Å². The monoisotopic (exact) mass is 477 g/mol. The predicted octanol–water partition coefficient (Wildman–Crippen LogP) is 3.05. The zero-order valence-electron chi connectivity index (χ0n) is 19.4. The minimum absolute atomic E-state index is 0.172. The molecular formula is C27H28FN3O4. The summed E-state index contributed by atoms with van der Waals surface area (Å²) in [4.78, 5) is 20.6. The second-order valence-electron chi connectivity index (χ2n) is 8.94. The molecule has 0 spiro atoms. The fourth-order valence-corrected chi connectivity index (χ4v) is 4.62. The van der Waals surface area contributed by atoms with E-state index in [-0.39, 0.29) is 19.1 Å². The van der Waals surface area contributed by atoms with Crippen molar-refractivity contribution in [1.29, 1.82) is 0 Å². The summed E-state index contributed by atoms with van der Waals surface area (Å²) < 4.78 is 24.8. The lowest BCUT2D eigenvalue weighted by Gasteiger charge is -2.32. The van der Waals surface area contributed by atoms with Crippen LogP contribution >= 0.6 is 0 Å². The Balaban J connectivity index is 1.19. The molecule has 3 aromatic rings. The number of aliphatic hydroxyl groups excluding tert-OH is 1. The van der Waals surface area contributed by atoms with E-state index in [4.69, 9.17) is 9.47 Å². The number of rotatable bonds is 7. The standard InChI is InChI=1S/C27H28FN3O4/c28-26-13-19(7-9-29-26)18-35-23-5-6-24-25(14-23)34-12-11-31(27(24)33)17-22(32)16-30-10-8-20-3-1-2-4-21(20)15-30/h1-7,9,13-14,22,32H,8,10-12,15-18H2/t22-/m1/s1. The number of aliphatic hydroxyl groups is 1. The molecule has 2 aromatic carbocycles. The molecule has 0 saturated carbocycles. The van der Waals surface area contributed by atoms with Crippen molar-refractivity contribution >= 4 is 5.91 Å². The summed E-state index contributed by atoms with van der Waals surface area (Å²) in [7, 11) is 0. The first kappa shape index (κ1) is 23.3. The number of fused-ring (bicyclic) bond motifs is 2. The van der Waals surface area contributed by atoms with Gasteiger partial charge in [0.15, 0.2) is 0 Å². The Morgan fingerprint density at radius 1 is 1.09 bits per heavy atom. The Morgan fingerprint density at radius 2 is 1.94 bits per heavy atom. The lowest BCUT2D eigenvalue weighted by atomic mass is 10.00. The fraction of sp³-hybridized carbons (Fsp3) is 0.333. The van der Waals surface area contributed by atoms with Gasteiger partial charge in [-0.25, -0.2) is 4.98 Å². The third-order valence-corrected chi connectivity index (χ3v) is 6.40. The highest BCUT2D eigenvalue weighted by Crippen LogP contribution is 2.29. The van der Waals surface area contributed by atoms with Gasteiger partial charge in [0.05, 0.1) is 18.2 Å². The molecule has 0 bridgehead atoms. The van der Waals surface area contributed by atoms with Crippen molar-refractivity contribution in [2.45, 2.75) is 25.7 Å². The number of halogens is 1. The number of pyridine rings is 1. The Hall–Kier alpha value is -3.49. The summed E-state index contributed by atoms with van der Waals surface area (Å²) in [6, 6.07) is 16.4. The van der Waals surface area contributed by atoms with E-state index in [1.165, 1.54) is 23.4 Å². The van der Waals surface area contributed by atoms with E-state index < -0.39 is 12.1 Å². The van der Waals surface area contributed by atoms with Crippen LogP contribution in [0.2, 0.25) is 0 Å². The molecule has 0 fully saturated rings. The van der Waals surface area contributed by atoms with Crippen LogP contribution in [0.4, 0.5) is 4.39 Å². The van der Waals surface area contributed by atoms with Gasteiger partial charge in [-0.1, -0.05) is 24.3 Å². The number of β-amino-alcohol motifs (C(OH)–C–C–N with tert-alkyl or cyclic N) is 1. The summed E-state index contributed by atoms with van der Waals surface area (Å²) in [5, 5.41) is 10.8. The Kier molecular flexibility index (Phi) is 6.92. The Bertz CT molecular complexity index is 1200. The van der Waals surface area contributed by atoms with Crippen molar-refractivity contribution in [2.24, 2.45) is 0 Å². The van der Waals surface area contributed by atoms with Crippen molar-refractivity contribution in [3.63, 3.8) is 0 Å². The minimum Gasteiger partial charge on any atom is -0.491 e. The Morgan fingerprint density at radius 3 is 2.80 bits per heavy atom. The smallest absolute Gasteiger partial charge is 0.257 e. The van der Waals surface area contributed by atoms with Crippen molar-refractivity contribution in [2.75, 3.05) is 32.8 Å². The molecule has 2 aliphatic heterocycles. The van der Waals surface area contributed by atoms with E-state index in [2.05, 4.69) is 28.1 Å². The van der Waals surface area contributed by atoms with Crippen LogP contribution in [-0.2, 0) is 19.6 Å². The van der Waals surface area contributed by atoms with Gasteiger partial charge in [0.25, 0.3) is 5.91 Å². The quantitative estimate of drug-likeness (QED) is 0.528. The molecule has 182 valence electrons. The lowest BCUT2D eigenvalue weighted by Crippen LogP contribution is -2.44. The van der Waals surface area contributed by atoms with Crippen LogP contribution < -0.4 is 9.47 Å². The van der Waals surface area contributed by atoms with Gasteiger partial charge in [-0.2, -0.15) is 4.39 Å². The second kappa shape index (κ2) is 10.4. The average molecular weight is 478 g/mol. The number of nitrogens with zero attached hydrogens (tertiary/aromatic N) is 3. The molecule has 8 heteroatoms. The lowest BCUT2D eigenvalue weighted by molar-refractivity contribution is 0.0501. The molecule has 0 saturated heterocycles. The number of hydrogen-bond donors (Lipinski definition) is 1. The third kappa shape index (κ3) is 5.61. The van der Waals surface area contributed by atoms with Gasteiger partial charge in [0.2, 0.25) is 5.95 Å². The van der Waals surface area contributed by atoms with E-state index >= 15 is 0 Å². The second-order valence-corrected chi connectivity index (χ2v) is 8.94. The van der Waals surface area contributed by atoms with E-state index in [0.717, 1.165) is 19.5 Å². The first-order valence-electron chi connectivity index (χ1n) is 11.8. The summed E-state index contributed by atoms with van der Waals surface area (Å²) in [6.45, 7) is 3.33. The van der Waals surface area contributed by atoms with Gasteiger partial charge in [0.1, 0.15) is 24.7 Å². The van der Waals surface area contributed by atoms with E-state index in [1.54, 1.807) is 29.2 Å². The number of ether oxygens (including phenoxy) is 2. The maximum Gasteiger partial charge on any atom is 0.257 e. The highest BCUT2D eigenvalue weighted by atomic mass is 19.1. The third-order valence-electron chi connectivity index (χ3n) is 6.40. The largest absolute Gasteiger partial charge is 0.491 e. The van der Waals surface area contributed by atoms with Crippen LogP contribution in [0.3, 0.4) is 0 Å². The van der Waals surface area contributed by atoms with Crippen molar-refractivity contribution in [3.8, 4) is 11.5 Å². The van der Waals surface area contributed by atoms with E-state index in [1.807, 2.05) is 6.07 Å². The summed E-state index contributed by atoms with van der Waals surface area (Å²) in [5.74, 6) is 0.225. The zero-order chi connectivity index (χ0) is 24.2. The molecule has 35 heavy (non-hydrogen) atoms. The van der Waals surface area contributed by atoms with Crippen LogP contribution in [0, 0.1) is 5.95 Å². The molecule has 7 nitrogen and oxygen atoms in total. The van der Waals surface area contributed by atoms with Crippen LogP contribution in [0.1, 0.15) is 27.0 Å². The van der Waals surface area contributed by atoms with Gasteiger partial charge in [-0.15, -0.1) is 0 Å². The normalized spacial score (nSPS) is 16.6. The van der Waals surface area contributed by atoms with Crippen LogP contribution in [-0.4, -0.2) is 64.7 Å². The Labute approximate surface area is 203 Å². The molecule has 3 heterocycles. The van der Waals surface area contributed by atoms with Gasteiger partial charge in [-0.05, 0) is 47.4 Å². The summed E-state index contributed by atoms with van der Waals surface area (Å²) >= 11 is 0. The minimum atomic E-state index is -0.658. The van der Waals surface area contributed by atoms with E-state index in [0.29, 0.717) is 42.3 Å². The van der Waals surface area contributed by atoms with Crippen molar-refractivity contribution in [3.05, 3.63) is 89.0 Å². The first-order valence-corrected chi connectivity index (χ1v) is 11.8. The SMILES string of the molecule is O=C1c2ccc(OCc3ccnc(F)c3)cc2OCCN1C[C@H](O)CN1CCc2ccccc2C1. The maximum absolute atomic E-state index is 13.3. The van der Waals surface area contributed by atoms with Crippen LogP contribution in [0.15, 0.2) is 60.8 Å². The van der Waals surface area contributed by atoms with Gasteiger partial charge in [0, 0.05) is 38.4 Å². The number of carbonyl (C=O) groups excluding carboxylic acids is 1. The number of hydrogen-bond acceptors (Lipinski definition) is 6. The topological polar surface area (TPSA) is 75.1 Å². The van der Waals surface area contributed by atoms with Crippen molar-refractivity contribution in [1.82, 2.24) is 14.8 Å². The molecule has 0 aliphatic carbocycles. The average Bonchev–Trinajstić information content (AvgIpc) is 3.01. The molecule has 5 rings (SSSR count). The molecule has 1 atom stereocenters. The fourth-order valence-electron chi connectivity index (χ4n) is 4.62. The number of amides is 1. The highest BCUT2D eigenvalue weighted by molar-refractivity contribution is 5.97. The molecule has 1 N–H and O–H groups in total. The van der Waals surface area contributed by atoms with Crippen molar-refractivity contribution < 1.29 is 23.8 Å². The van der Waals surface area contributed by atoms with Gasteiger partial charge in [-0.3, -0.25) is 9.69 Å². The molecule has 1 aromatic heterocycles. The maximum atomic E-state index is 13.3. The zero-order valence-corrected chi connectivity index (χ0v) is 19.4. The highest BCUT2D eigenvalue weighted by Gasteiger charge is 2.27.